The molecule has 0 heterocycles. The average Bonchev–Trinajstić information content (AvgIpc) is 2.76. The van der Waals surface area contributed by atoms with Gasteiger partial charge in [0.2, 0.25) is 0 Å². The predicted octanol–water partition coefficient (Wildman–Crippen LogP) is 3.77. The van der Waals surface area contributed by atoms with Gasteiger partial charge in [-0.15, -0.1) is 0 Å². The maximum atomic E-state index is 9.56. The van der Waals surface area contributed by atoms with E-state index in [4.69, 9.17) is 0 Å². The molecule has 0 N–H and O–H groups in total. The highest BCUT2D eigenvalue weighted by molar-refractivity contribution is 5.56. The average molecular weight is 287 g/mol. The first-order valence-corrected chi connectivity index (χ1v) is 8.08. The van der Waals surface area contributed by atoms with Gasteiger partial charge in [-0.05, 0) is 79.4 Å². The van der Waals surface area contributed by atoms with Crippen LogP contribution in [0.1, 0.15) is 60.8 Å². The van der Waals surface area contributed by atoms with Crippen molar-refractivity contribution >= 4 is 0 Å². The summed E-state index contributed by atoms with van der Waals surface area (Å²) in [6, 6.07) is 9.95. The number of nitrogens with zero attached hydrogens (tertiary/aromatic N) is 3. The fraction of sp³-hybridized carbons (Fsp3) is 0.526. The summed E-state index contributed by atoms with van der Waals surface area (Å²) in [5.41, 5.74) is 2.47. The van der Waals surface area contributed by atoms with Crippen molar-refractivity contribution < 1.29 is 0 Å². The number of hydrogen-bond acceptors (Lipinski definition) is 3. The molecule has 108 valence electrons. The van der Waals surface area contributed by atoms with E-state index in [9.17, 15) is 15.8 Å². The molecule has 0 aliphatic heterocycles. The minimum absolute atomic E-state index is 0.0746. The van der Waals surface area contributed by atoms with Gasteiger partial charge in [-0.2, -0.15) is 15.8 Å². The molecule has 1 aromatic rings. The molecule has 0 spiro atoms. The molecule has 3 nitrogen and oxygen atoms in total. The van der Waals surface area contributed by atoms with E-state index in [1.165, 1.54) is 25.7 Å². The highest BCUT2D eigenvalue weighted by Gasteiger charge is 2.53. The Balaban J connectivity index is 1.88. The quantitative estimate of drug-likeness (QED) is 0.789. The lowest BCUT2D eigenvalue weighted by Gasteiger charge is -2.46. The monoisotopic (exact) mass is 287 g/mol. The van der Waals surface area contributed by atoms with Crippen LogP contribution in [0.25, 0.3) is 0 Å². The van der Waals surface area contributed by atoms with Gasteiger partial charge < -0.3 is 0 Å². The Morgan fingerprint density at radius 1 is 0.864 bits per heavy atom. The van der Waals surface area contributed by atoms with E-state index in [0.717, 1.165) is 36.2 Å². The fourth-order valence-corrected chi connectivity index (χ4v) is 5.58. The van der Waals surface area contributed by atoms with Crippen LogP contribution in [0.2, 0.25) is 0 Å². The van der Waals surface area contributed by atoms with Gasteiger partial charge in [0.05, 0.1) is 22.8 Å². The second kappa shape index (κ2) is 4.59. The molecule has 3 bridgehead atoms. The Labute approximate surface area is 130 Å². The molecule has 1 aromatic carbocycles. The second-order valence-electron chi connectivity index (χ2n) is 7.36. The third-order valence-corrected chi connectivity index (χ3v) is 6.36. The van der Waals surface area contributed by atoms with Crippen molar-refractivity contribution in [2.45, 2.75) is 43.9 Å². The van der Waals surface area contributed by atoms with Crippen molar-refractivity contribution in [3.63, 3.8) is 0 Å². The Morgan fingerprint density at radius 2 is 1.55 bits per heavy atom. The summed E-state index contributed by atoms with van der Waals surface area (Å²) in [6.07, 6.45) is 7.43. The van der Waals surface area contributed by atoms with Crippen LogP contribution in [0.4, 0.5) is 0 Å². The number of hydrogen-bond donors (Lipinski definition) is 0. The molecular formula is C19H17N3. The van der Waals surface area contributed by atoms with E-state index in [0.29, 0.717) is 16.7 Å². The van der Waals surface area contributed by atoms with Crippen LogP contribution in [-0.2, 0) is 5.41 Å². The maximum absolute atomic E-state index is 9.56. The summed E-state index contributed by atoms with van der Waals surface area (Å²) in [6.45, 7) is 0. The van der Waals surface area contributed by atoms with Crippen molar-refractivity contribution in [1.29, 1.82) is 15.8 Å². The Hall–Kier alpha value is -2.31. The molecule has 22 heavy (non-hydrogen) atoms. The van der Waals surface area contributed by atoms with E-state index >= 15 is 0 Å². The molecule has 0 radical (unpaired) electrons. The van der Waals surface area contributed by atoms with Crippen LogP contribution in [-0.4, -0.2) is 0 Å². The smallest absolute Gasteiger partial charge is 0.101 e. The molecular weight excluding hydrogens is 270 g/mol. The van der Waals surface area contributed by atoms with Gasteiger partial charge in [0.1, 0.15) is 12.1 Å². The second-order valence-corrected chi connectivity index (χ2v) is 7.36. The third-order valence-electron chi connectivity index (χ3n) is 6.36. The van der Waals surface area contributed by atoms with Gasteiger partial charge in [-0.1, -0.05) is 0 Å². The summed E-state index contributed by atoms with van der Waals surface area (Å²) in [5.74, 6) is 2.49. The highest BCUT2D eigenvalue weighted by atomic mass is 14.6. The summed E-state index contributed by atoms with van der Waals surface area (Å²) < 4.78 is 0. The Kier molecular flexibility index (Phi) is 2.79. The SMILES string of the molecule is N#Cc1cc(C#N)c(C23CCC4CC(CC4C2)C3)cc1C#N. The van der Waals surface area contributed by atoms with Gasteiger partial charge in [0, 0.05) is 0 Å². The molecule has 3 heteroatoms. The first-order chi connectivity index (χ1) is 10.7. The van der Waals surface area contributed by atoms with Gasteiger partial charge in [0.25, 0.3) is 0 Å². The van der Waals surface area contributed by atoms with E-state index < -0.39 is 0 Å². The Morgan fingerprint density at radius 3 is 2.27 bits per heavy atom. The molecule has 4 unspecified atom stereocenters. The molecule has 0 amide bonds. The summed E-state index contributed by atoms with van der Waals surface area (Å²) in [7, 11) is 0. The molecule has 4 atom stereocenters. The molecule has 3 saturated carbocycles. The van der Waals surface area contributed by atoms with Gasteiger partial charge in [0.15, 0.2) is 0 Å². The van der Waals surface area contributed by atoms with Crippen LogP contribution in [0.15, 0.2) is 12.1 Å². The van der Waals surface area contributed by atoms with Crippen molar-refractivity contribution in [2.24, 2.45) is 17.8 Å². The van der Waals surface area contributed by atoms with Crippen molar-refractivity contribution in [3.8, 4) is 18.2 Å². The van der Waals surface area contributed by atoms with Gasteiger partial charge in [-0.25, -0.2) is 0 Å². The molecule has 3 aliphatic carbocycles. The standard InChI is InChI=1S/C19H17N3/c20-9-15-5-17(11-22)18(6-16(15)10-21)19-2-1-13-3-12(7-19)4-14(13)8-19/h5-6,12-14H,1-4,7-8H2. The van der Waals surface area contributed by atoms with Crippen LogP contribution in [0, 0.1) is 51.7 Å². The fourth-order valence-electron chi connectivity index (χ4n) is 5.58. The van der Waals surface area contributed by atoms with Crippen LogP contribution in [0.5, 0.6) is 0 Å². The van der Waals surface area contributed by atoms with Crippen LogP contribution in [0.3, 0.4) is 0 Å². The maximum Gasteiger partial charge on any atom is 0.101 e. The lowest BCUT2D eigenvalue weighted by atomic mass is 9.58. The minimum atomic E-state index is 0.0746. The van der Waals surface area contributed by atoms with Gasteiger partial charge >= 0.3 is 0 Å². The molecule has 3 fully saturated rings. The minimum Gasteiger partial charge on any atom is -0.192 e. The van der Waals surface area contributed by atoms with Gasteiger partial charge in [-0.3, -0.25) is 0 Å². The van der Waals surface area contributed by atoms with Crippen molar-refractivity contribution in [3.05, 3.63) is 34.4 Å². The first kappa shape index (κ1) is 13.4. The normalized spacial score (nSPS) is 34.7. The lowest BCUT2D eigenvalue weighted by Crippen LogP contribution is -2.38. The number of fused-ring (bicyclic) bond motifs is 2. The van der Waals surface area contributed by atoms with Crippen LogP contribution < -0.4 is 0 Å². The first-order valence-electron chi connectivity index (χ1n) is 8.08. The summed E-state index contributed by atoms with van der Waals surface area (Å²) in [5, 5.41) is 28.1. The van der Waals surface area contributed by atoms with Crippen LogP contribution >= 0.6 is 0 Å². The topological polar surface area (TPSA) is 71.4 Å². The third kappa shape index (κ3) is 1.71. The number of rotatable bonds is 1. The van der Waals surface area contributed by atoms with E-state index in [2.05, 4.69) is 12.1 Å². The Bertz CT molecular complexity index is 770. The van der Waals surface area contributed by atoms with Crippen molar-refractivity contribution in [1.82, 2.24) is 0 Å². The summed E-state index contributed by atoms with van der Waals surface area (Å²) in [4.78, 5) is 0. The van der Waals surface area contributed by atoms with E-state index in [1.807, 2.05) is 12.1 Å². The zero-order valence-corrected chi connectivity index (χ0v) is 12.5. The lowest BCUT2D eigenvalue weighted by molar-refractivity contribution is 0.138. The number of nitriles is 3. The predicted molar refractivity (Wildman–Crippen MR) is 80.4 cm³/mol. The molecule has 3 aliphatic rings. The summed E-state index contributed by atoms with van der Waals surface area (Å²) >= 11 is 0. The highest BCUT2D eigenvalue weighted by Crippen LogP contribution is 2.61. The molecule has 0 saturated heterocycles. The van der Waals surface area contributed by atoms with E-state index in [-0.39, 0.29) is 5.41 Å². The largest absolute Gasteiger partial charge is 0.192 e. The molecule has 0 aromatic heterocycles. The zero-order chi connectivity index (χ0) is 15.3. The molecule has 4 rings (SSSR count). The van der Waals surface area contributed by atoms with E-state index in [1.54, 1.807) is 6.07 Å². The van der Waals surface area contributed by atoms with Crippen molar-refractivity contribution in [2.75, 3.05) is 0 Å². The zero-order valence-electron chi connectivity index (χ0n) is 12.5. The number of benzene rings is 1.